The third-order valence-electron chi connectivity index (χ3n) is 2.89. The van der Waals surface area contributed by atoms with Crippen molar-refractivity contribution in [2.45, 2.75) is 12.8 Å². The minimum atomic E-state index is -0.0122. The van der Waals surface area contributed by atoms with Gasteiger partial charge in [-0.3, -0.25) is 14.5 Å². The lowest BCUT2D eigenvalue weighted by atomic mass is 9.99. The van der Waals surface area contributed by atoms with Crippen LogP contribution < -0.4 is 5.32 Å². The predicted molar refractivity (Wildman–Crippen MR) is 59.6 cm³/mol. The molecule has 5 heteroatoms. The van der Waals surface area contributed by atoms with Crippen LogP contribution in [0.2, 0.25) is 0 Å². The molecule has 0 bridgehead atoms. The molecule has 2 aliphatic rings. The SMILES string of the molecule is O=C1CSCC(=O)N1CC1CCCNC1. The first kappa shape index (κ1) is 11.0. The molecule has 1 N–H and O–H groups in total. The number of amides is 2. The number of imide groups is 1. The maximum absolute atomic E-state index is 11.5. The zero-order valence-corrected chi connectivity index (χ0v) is 9.52. The molecule has 1 atom stereocenters. The zero-order chi connectivity index (χ0) is 10.7. The number of thioether (sulfide) groups is 1. The van der Waals surface area contributed by atoms with Crippen molar-refractivity contribution >= 4 is 23.6 Å². The Labute approximate surface area is 93.8 Å². The highest BCUT2D eigenvalue weighted by Gasteiger charge is 2.28. The highest BCUT2D eigenvalue weighted by atomic mass is 32.2. The van der Waals surface area contributed by atoms with E-state index >= 15 is 0 Å². The van der Waals surface area contributed by atoms with Gasteiger partial charge in [0.2, 0.25) is 11.8 Å². The molecule has 0 aromatic heterocycles. The number of rotatable bonds is 2. The maximum atomic E-state index is 11.5. The van der Waals surface area contributed by atoms with Gasteiger partial charge < -0.3 is 5.32 Å². The van der Waals surface area contributed by atoms with Gasteiger partial charge in [0.25, 0.3) is 0 Å². The van der Waals surface area contributed by atoms with E-state index in [1.54, 1.807) is 0 Å². The van der Waals surface area contributed by atoms with E-state index in [1.165, 1.54) is 16.7 Å². The number of carbonyl (C=O) groups excluding carboxylic acids is 2. The molecule has 0 aliphatic carbocycles. The Morgan fingerprint density at radius 3 is 2.67 bits per heavy atom. The van der Waals surface area contributed by atoms with Crippen LogP contribution in [-0.2, 0) is 9.59 Å². The van der Waals surface area contributed by atoms with E-state index in [0.717, 1.165) is 25.9 Å². The van der Waals surface area contributed by atoms with Crippen LogP contribution in [-0.4, -0.2) is 47.9 Å². The maximum Gasteiger partial charge on any atom is 0.239 e. The van der Waals surface area contributed by atoms with Crippen molar-refractivity contribution in [2.24, 2.45) is 5.92 Å². The molecule has 2 saturated heterocycles. The van der Waals surface area contributed by atoms with Crippen LogP contribution in [0, 0.1) is 5.92 Å². The van der Waals surface area contributed by atoms with E-state index in [9.17, 15) is 9.59 Å². The summed E-state index contributed by atoms with van der Waals surface area (Å²) in [4.78, 5) is 24.5. The van der Waals surface area contributed by atoms with E-state index in [0.29, 0.717) is 24.0 Å². The van der Waals surface area contributed by atoms with Gasteiger partial charge in [0.05, 0.1) is 11.5 Å². The number of nitrogens with one attached hydrogen (secondary N) is 1. The lowest BCUT2D eigenvalue weighted by molar-refractivity contribution is -0.143. The van der Waals surface area contributed by atoms with Crippen molar-refractivity contribution in [1.29, 1.82) is 0 Å². The normalized spacial score (nSPS) is 28.3. The Kier molecular flexibility index (Phi) is 3.64. The second kappa shape index (κ2) is 4.99. The van der Waals surface area contributed by atoms with Crippen LogP contribution in [0.1, 0.15) is 12.8 Å². The fraction of sp³-hybridized carbons (Fsp3) is 0.800. The van der Waals surface area contributed by atoms with Crippen molar-refractivity contribution in [3.63, 3.8) is 0 Å². The molecule has 0 radical (unpaired) electrons. The fourth-order valence-electron chi connectivity index (χ4n) is 2.06. The fourth-order valence-corrected chi connectivity index (χ4v) is 2.83. The smallest absolute Gasteiger partial charge is 0.239 e. The number of hydrogen-bond donors (Lipinski definition) is 1. The molecule has 2 fully saturated rings. The largest absolute Gasteiger partial charge is 0.316 e. The van der Waals surface area contributed by atoms with E-state index in [4.69, 9.17) is 0 Å². The molecular weight excluding hydrogens is 212 g/mol. The zero-order valence-electron chi connectivity index (χ0n) is 8.70. The Morgan fingerprint density at radius 2 is 2.07 bits per heavy atom. The van der Waals surface area contributed by atoms with Gasteiger partial charge in [0.1, 0.15) is 0 Å². The van der Waals surface area contributed by atoms with Crippen LogP contribution >= 0.6 is 11.8 Å². The van der Waals surface area contributed by atoms with Crippen molar-refractivity contribution in [1.82, 2.24) is 10.2 Å². The lowest BCUT2D eigenvalue weighted by Gasteiger charge is -2.30. The molecule has 0 spiro atoms. The predicted octanol–water partition coefficient (Wildman–Crippen LogP) is 0.0880. The van der Waals surface area contributed by atoms with Gasteiger partial charge in [-0.2, -0.15) is 0 Å². The summed E-state index contributed by atoms with van der Waals surface area (Å²) in [5, 5.41) is 3.30. The molecule has 0 saturated carbocycles. The molecule has 2 heterocycles. The minimum absolute atomic E-state index is 0.0122. The van der Waals surface area contributed by atoms with Gasteiger partial charge in [0, 0.05) is 6.54 Å². The third kappa shape index (κ3) is 2.72. The second-order valence-corrected chi connectivity index (χ2v) is 5.09. The summed E-state index contributed by atoms with van der Waals surface area (Å²) in [5.74, 6) is 1.36. The van der Waals surface area contributed by atoms with Crippen LogP contribution in [0.3, 0.4) is 0 Å². The van der Waals surface area contributed by atoms with E-state index in [2.05, 4.69) is 5.32 Å². The summed E-state index contributed by atoms with van der Waals surface area (Å²) >= 11 is 1.42. The average Bonchev–Trinajstić information content (AvgIpc) is 2.25. The summed E-state index contributed by atoms with van der Waals surface area (Å²) in [6, 6.07) is 0. The first-order valence-corrected chi connectivity index (χ1v) is 6.54. The number of piperidine rings is 1. The molecule has 84 valence electrons. The van der Waals surface area contributed by atoms with Crippen LogP contribution in [0.25, 0.3) is 0 Å². The first-order valence-electron chi connectivity index (χ1n) is 5.39. The number of hydrogen-bond acceptors (Lipinski definition) is 4. The molecule has 0 aromatic rings. The number of nitrogens with zero attached hydrogens (tertiary/aromatic N) is 1. The highest BCUT2D eigenvalue weighted by molar-refractivity contribution is 8.00. The average molecular weight is 228 g/mol. The summed E-state index contributed by atoms with van der Waals surface area (Å²) in [6.45, 7) is 2.61. The minimum Gasteiger partial charge on any atom is -0.316 e. The van der Waals surface area contributed by atoms with E-state index < -0.39 is 0 Å². The van der Waals surface area contributed by atoms with E-state index in [-0.39, 0.29) is 11.8 Å². The van der Waals surface area contributed by atoms with Crippen molar-refractivity contribution < 1.29 is 9.59 Å². The molecule has 2 aliphatic heterocycles. The van der Waals surface area contributed by atoms with Crippen molar-refractivity contribution in [2.75, 3.05) is 31.1 Å². The van der Waals surface area contributed by atoms with Crippen LogP contribution in [0.5, 0.6) is 0 Å². The monoisotopic (exact) mass is 228 g/mol. The standard InChI is InChI=1S/C10H16N2O2S/c13-9-6-15-7-10(14)12(9)5-8-2-1-3-11-4-8/h8,11H,1-7H2. The summed E-state index contributed by atoms with van der Waals surface area (Å²) in [5.41, 5.74) is 0. The molecule has 4 nitrogen and oxygen atoms in total. The molecule has 2 amide bonds. The molecule has 2 rings (SSSR count). The van der Waals surface area contributed by atoms with Crippen LogP contribution in [0.15, 0.2) is 0 Å². The quantitative estimate of drug-likeness (QED) is 0.680. The van der Waals surface area contributed by atoms with Gasteiger partial charge in [0.15, 0.2) is 0 Å². The molecule has 0 aromatic carbocycles. The molecular formula is C10H16N2O2S. The van der Waals surface area contributed by atoms with Crippen molar-refractivity contribution in [3.8, 4) is 0 Å². The lowest BCUT2D eigenvalue weighted by Crippen LogP contribution is -2.47. The highest BCUT2D eigenvalue weighted by Crippen LogP contribution is 2.17. The van der Waals surface area contributed by atoms with Gasteiger partial charge >= 0.3 is 0 Å². The van der Waals surface area contributed by atoms with Gasteiger partial charge in [-0.25, -0.2) is 0 Å². The van der Waals surface area contributed by atoms with E-state index in [1.807, 2.05) is 0 Å². The van der Waals surface area contributed by atoms with Crippen LogP contribution in [0.4, 0.5) is 0 Å². The summed E-state index contributed by atoms with van der Waals surface area (Å²) < 4.78 is 0. The Balaban J connectivity index is 1.90. The van der Waals surface area contributed by atoms with Gasteiger partial charge in [-0.15, -0.1) is 11.8 Å². The number of carbonyl (C=O) groups is 2. The Hall–Kier alpha value is -0.550. The Bertz CT molecular complexity index is 248. The first-order chi connectivity index (χ1) is 7.27. The van der Waals surface area contributed by atoms with Gasteiger partial charge in [-0.1, -0.05) is 0 Å². The summed E-state index contributed by atoms with van der Waals surface area (Å²) in [7, 11) is 0. The topological polar surface area (TPSA) is 49.4 Å². The Morgan fingerprint density at radius 1 is 1.33 bits per heavy atom. The van der Waals surface area contributed by atoms with Crippen molar-refractivity contribution in [3.05, 3.63) is 0 Å². The molecule has 15 heavy (non-hydrogen) atoms. The second-order valence-electron chi connectivity index (χ2n) is 4.10. The summed E-state index contributed by atoms with van der Waals surface area (Å²) in [6.07, 6.45) is 2.27. The molecule has 1 unspecified atom stereocenters. The van der Waals surface area contributed by atoms with Gasteiger partial charge in [-0.05, 0) is 31.8 Å². The third-order valence-corrected chi connectivity index (χ3v) is 3.80.